The monoisotopic (exact) mass is 272 g/mol. The minimum atomic E-state index is -0.693. The van der Waals surface area contributed by atoms with Crippen LogP contribution >= 0.6 is 0 Å². The molecule has 3 heteroatoms. The lowest BCUT2D eigenvalue weighted by Crippen LogP contribution is -2.36. The van der Waals surface area contributed by atoms with Crippen molar-refractivity contribution in [2.75, 3.05) is 26.2 Å². The van der Waals surface area contributed by atoms with Crippen LogP contribution in [0.15, 0.2) is 0 Å². The van der Waals surface area contributed by atoms with Crippen molar-refractivity contribution in [2.45, 2.75) is 65.9 Å². The maximum atomic E-state index is 9.93. The van der Waals surface area contributed by atoms with Crippen molar-refractivity contribution in [3.05, 3.63) is 0 Å². The maximum absolute atomic E-state index is 9.93. The molecule has 0 fully saturated rings. The lowest BCUT2D eigenvalue weighted by Gasteiger charge is -2.26. The fourth-order valence-electron chi connectivity index (χ4n) is 2.00. The van der Waals surface area contributed by atoms with Gasteiger partial charge in [0, 0.05) is 6.54 Å². The molecule has 0 radical (unpaired) electrons. The summed E-state index contributed by atoms with van der Waals surface area (Å²) in [6.45, 7) is 14.7. The highest BCUT2D eigenvalue weighted by atomic mass is 16.3. The lowest BCUT2D eigenvalue weighted by molar-refractivity contribution is 0.0540. The average Bonchev–Trinajstić information content (AvgIpc) is 2.31. The van der Waals surface area contributed by atoms with Gasteiger partial charge in [0.05, 0.1) is 5.60 Å². The van der Waals surface area contributed by atoms with Crippen LogP contribution < -0.4 is 5.73 Å². The summed E-state index contributed by atoms with van der Waals surface area (Å²) in [6.07, 6.45) is 4.33. The van der Waals surface area contributed by atoms with Crippen molar-refractivity contribution in [1.82, 2.24) is 4.90 Å². The summed E-state index contributed by atoms with van der Waals surface area (Å²) >= 11 is 0. The van der Waals surface area contributed by atoms with E-state index in [1.807, 2.05) is 6.92 Å². The molecule has 0 rings (SSSR count). The van der Waals surface area contributed by atoms with E-state index in [4.69, 9.17) is 5.73 Å². The summed E-state index contributed by atoms with van der Waals surface area (Å²) in [6, 6.07) is 0. The normalized spacial score (nSPS) is 15.5. The van der Waals surface area contributed by atoms with Crippen LogP contribution in [0, 0.1) is 11.8 Å². The molecule has 0 aromatic carbocycles. The summed E-state index contributed by atoms with van der Waals surface area (Å²) in [5.74, 6) is 1.52. The summed E-state index contributed by atoms with van der Waals surface area (Å²) < 4.78 is 0. The van der Waals surface area contributed by atoms with E-state index in [0.717, 1.165) is 31.2 Å². The smallest absolute Gasteiger partial charge is 0.0741 e. The van der Waals surface area contributed by atoms with Crippen LogP contribution in [-0.2, 0) is 0 Å². The predicted molar refractivity (Wildman–Crippen MR) is 84.3 cm³/mol. The van der Waals surface area contributed by atoms with E-state index >= 15 is 0 Å². The van der Waals surface area contributed by atoms with Crippen molar-refractivity contribution in [3.63, 3.8) is 0 Å². The minimum absolute atomic E-state index is 0.352. The standard InChI is InChI=1S/C16H36N2O/c1-14(2)7-11-18(12-8-15(3)4)10-6-9-16(5,19)13-17/h14-15,19H,6-13,17H2,1-5H3. The second kappa shape index (κ2) is 9.73. The molecule has 0 heterocycles. The van der Waals surface area contributed by atoms with E-state index in [-0.39, 0.29) is 0 Å². The fraction of sp³-hybridized carbons (Fsp3) is 1.00. The zero-order valence-corrected chi connectivity index (χ0v) is 13.8. The van der Waals surface area contributed by atoms with Crippen molar-refractivity contribution < 1.29 is 5.11 Å². The van der Waals surface area contributed by atoms with Gasteiger partial charge < -0.3 is 15.7 Å². The van der Waals surface area contributed by atoms with Gasteiger partial charge in [0.2, 0.25) is 0 Å². The second-order valence-corrected chi connectivity index (χ2v) is 7.01. The summed E-state index contributed by atoms with van der Waals surface area (Å²) in [5.41, 5.74) is 4.86. The SMILES string of the molecule is CC(C)CCN(CCCC(C)(O)CN)CCC(C)C. The summed E-state index contributed by atoms with van der Waals surface area (Å²) in [5, 5.41) is 9.93. The van der Waals surface area contributed by atoms with Crippen LogP contribution in [0.1, 0.15) is 60.3 Å². The minimum Gasteiger partial charge on any atom is -0.389 e. The molecule has 0 aromatic heterocycles. The Morgan fingerprint density at radius 1 is 1.00 bits per heavy atom. The molecule has 0 spiro atoms. The maximum Gasteiger partial charge on any atom is 0.0741 e. The van der Waals surface area contributed by atoms with Crippen molar-refractivity contribution >= 4 is 0 Å². The van der Waals surface area contributed by atoms with Gasteiger partial charge in [0.1, 0.15) is 0 Å². The first-order valence-electron chi connectivity index (χ1n) is 7.91. The molecule has 0 amide bonds. The molecule has 1 atom stereocenters. The molecule has 1 unspecified atom stereocenters. The van der Waals surface area contributed by atoms with Gasteiger partial charge in [-0.3, -0.25) is 0 Å². The Balaban J connectivity index is 4.03. The van der Waals surface area contributed by atoms with Crippen LogP contribution in [0.25, 0.3) is 0 Å². The Morgan fingerprint density at radius 3 is 1.84 bits per heavy atom. The average molecular weight is 272 g/mol. The molecular formula is C16H36N2O. The first kappa shape index (κ1) is 18.9. The molecule has 0 saturated carbocycles. The number of nitrogens with zero attached hydrogens (tertiary/aromatic N) is 1. The van der Waals surface area contributed by atoms with E-state index in [1.165, 1.54) is 25.9 Å². The van der Waals surface area contributed by atoms with E-state index in [0.29, 0.717) is 6.54 Å². The number of nitrogens with two attached hydrogens (primary N) is 1. The first-order chi connectivity index (χ1) is 8.76. The van der Waals surface area contributed by atoms with Crippen molar-refractivity contribution in [1.29, 1.82) is 0 Å². The van der Waals surface area contributed by atoms with Gasteiger partial charge in [0.15, 0.2) is 0 Å². The fourth-order valence-corrected chi connectivity index (χ4v) is 2.00. The van der Waals surface area contributed by atoms with Gasteiger partial charge in [-0.15, -0.1) is 0 Å². The molecule has 0 aliphatic heterocycles. The molecule has 0 aliphatic rings. The summed E-state index contributed by atoms with van der Waals surface area (Å²) in [4.78, 5) is 2.55. The molecular weight excluding hydrogens is 236 g/mol. The Kier molecular flexibility index (Phi) is 9.67. The van der Waals surface area contributed by atoms with Gasteiger partial charge in [-0.2, -0.15) is 0 Å². The van der Waals surface area contributed by atoms with Gasteiger partial charge >= 0.3 is 0 Å². The van der Waals surface area contributed by atoms with Gasteiger partial charge in [-0.05, 0) is 64.1 Å². The molecule has 3 N–H and O–H groups in total. The molecule has 19 heavy (non-hydrogen) atoms. The van der Waals surface area contributed by atoms with Gasteiger partial charge in [-0.25, -0.2) is 0 Å². The number of rotatable bonds is 11. The van der Waals surface area contributed by atoms with Gasteiger partial charge in [0.25, 0.3) is 0 Å². The number of hydrogen-bond acceptors (Lipinski definition) is 3. The molecule has 0 aliphatic carbocycles. The number of hydrogen-bond donors (Lipinski definition) is 2. The van der Waals surface area contributed by atoms with Crippen LogP contribution in [0.3, 0.4) is 0 Å². The third-order valence-corrected chi connectivity index (χ3v) is 3.67. The quantitative estimate of drug-likeness (QED) is 0.608. The van der Waals surface area contributed by atoms with Gasteiger partial charge in [-0.1, -0.05) is 27.7 Å². The Labute approximate surface area is 120 Å². The highest BCUT2D eigenvalue weighted by molar-refractivity contribution is 4.74. The van der Waals surface area contributed by atoms with Crippen LogP contribution in [0.4, 0.5) is 0 Å². The molecule has 0 aromatic rings. The topological polar surface area (TPSA) is 49.5 Å². The third-order valence-electron chi connectivity index (χ3n) is 3.67. The number of aliphatic hydroxyl groups is 1. The van der Waals surface area contributed by atoms with Crippen LogP contribution in [-0.4, -0.2) is 41.8 Å². The Morgan fingerprint density at radius 2 is 1.47 bits per heavy atom. The van der Waals surface area contributed by atoms with E-state index in [2.05, 4.69) is 32.6 Å². The van der Waals surface area contributed by atoms with Crippen LogP contribution in [0.2, 0.25) is 0 Å². The molecule has 116 valence electrons. The molecule has 0 bridgehead atoms. The molecule has 0 saturated heterocycles. The zero-order valence-electron chi connectivity index (χ0n) is 13.8. The van der Waals surface area contributed by atoms with Crippen LogP contribution in [0.5, 0.6) is 0 Å². The van der Waals surface area contributed by atoms with Crippen molar-refractivity contribution in [3.8, 4) is 0 Å². The Bertz CT molecular complexity index is 203. The largest absolute Gasteiger partial charge is 0.389 e. The highest BCUT2D eigenvalue weighted by Crippen LogP contribution is 2.12. The lowest BCUT2D eigenvalue weighted by atomic mass is 10.00. The molecule has 3 nitrogen and oxygen atoms in total. The van der Waals surface area contributed by atoms with E-state index in [9.17, 15) is 5.11 Å². The first-order valence-corrected chi connectivity index (χ1v) is 7.91. The predicted octanol–water partition coefficient (Wildman–Crippen LogP) is 2.87. The van der Waals surface area contributed by atoms with Crippen molar-refractivity contribution in [2.24, 2.45) is 17.6 Å². The second-order valence-electron chi connectivity index (χ2n) is 7.01. The highest BCUT2D eigenvalue weighted by Gasteiger charge is 2.18. The summed E-state index contributed by atoms with van der Waals surface area (Å²) in [7, 11) is 0. The van der Waals surface area contributed by atoms with E-state index in [1.54, 1.807) is 0 Å². The zero-order chi connectivity index (χ0) is 14.9. The third kappa shape index (κ3) is 11.4. The van der Waals surface area contributed by atoms with E-state index < -0.39 is 5.60 Å². The Hall–Kier alpha value is -0.120.